The van der Waals surface area contributed by atoms with Gasteiger partial charge in [-0.15, -0.1) is 0 Å². The lowest BCUT2D eigenvalue weighted by molar-refractivity contribution is -0.147. The summed E-state index contributed by atoms with van der Waals surface area (Å²) in [6, 6.07) is 1.93. The second-order valence-corrected chi connectivity index (χ2v) is 6.02. The van der Waals surface area contributed by atoms with Crippen LogP contribution >= 0.6 is 0 Å². The van der Waals surface area contributed by atoms with E-state index in [1.165, 1.54) is 0 Å². The molecule has 2 heterocycles. The molecule has 0 aliphatic carbocycles. The van der Waals surface area contributed by atoms with E-state index in [-0.39, 0.29) is 17.9 Å². The van der Waals surface area contributed by atoms with Crippen LogP contribution in [0.15, 0.2) is 16.7 Å². The van der Waals surface area contributed by atoms with Crippen molar-refractivity contribution in [3.8, 4) is 0 Å². The van der Waals surface area contributed by atoms with Crippen LogP contribution in [-0.2, 0) is 16.1 Å². The van der Waals surface area contributed by atoms with Crippen LogP contribution in [0, 0.1) is 18.8 Å². The van der Waals surface area contributed by atoms with E-state index < -0.39 is 0 Å². The van der Waals surface area contributed by atoms with Gasteiger partial charge in [0.25, 0.3) is 0 Å². The first-order valence-corrected chi connectivity index (χ1v) is 7.40. The predicted molar refractivity (Wildman–Crippen MR) is 77.2 cm³/mol. The van der Waals surface area contributed by atoms with Gasteiger partial charge in [0.05, 0.1) is 18.3 Å². The van der Waals surface area contributed by atoms with Crippen LogP contribution < -0.4 is 0 Å². The van der Waals surface area contributed by atoms with Crippen molar-refractivity contribution in [1.82, 2.24) is 4.90 Å². The average molecular weight is 279 g/mol. The standard InChI is InChI=1S/C16H25NO3/c1-11(2)15-14(6-5-8-20-15)16(18)17(4)10-13-7-9-19-12(13)3/h7,9,11,14-15H,5-6,8,10H2,1-4H3/t14-,15+/m0/s1. The first-order chi connectivity index (χ1) is 9.50. The Morgan fingerprint density at radius 3 is 2.85 bits per heavy atom. The minimum absolute atomic E-state index is 0.0130. The van der Waals surface area contributed by atoms with E-state index in [1.807, 2.05) is 20.0 Å². The van der Waals surface area contributed by atoms with Gasteiger partial charge in [-0.1, -0.05) is 13.8 Å². The number of hydrogen-bond donors (Lipinski definition) is 0. The monoisotopic (exact) mass is 279 g/mol. The Kier molecular flexibility index (Phi) is 4.86. The van der Waals surface area contributed by atoms with Crippen LogP contribution in [-0.4, -0.2) is 30.6 Å². The van der Waals surface area contributed by atoms with Crippen LogP contribution in [0.2, 0.25) is 0 Å². The lowest BCUT2D eigenvalue weighted by Gasteiger charge is -2.35. The molecule has 1 amide bonds. The van der Waals surface area contributed by atoms with Gasteiger partial charge < -0.3 is 14.1 Å². The zero-order valence-electron chi connectivity index (χ0n) is 12.9. The summed E-state index contributed by atoms with van der Waals surface area (Å²) in [7, 11) is 1.86. The second kappa shape index (κ2) is 6.44. The van der Waals surface area contributed by atoms with E-state index >= 15 is 0 Å². The molecule has 0 unspecified atom stereocenters. The highest BCUT2D eigenvalue weighted by Gasteiger charge is 2.35. The molecule has 1 aliphatic heterocycles. The highest BCUT2D eigenvalue weighted by Crippen LogP contribution is 2.28. The largest absolute Gasteiger partial charge is 0.469 e. The molecule has 0 radical (unpaired) electrons. The smallest absolute Gasteiger partial charge is 0.228 e. The van der Waals surface area contributed by atoms with Crippen molar-refractivity contribution in [3.63, 3.8) is 0 Å². The second-order valence-electron chi connectivity index (χ2n) is 6.02. The maximum absolute atomic E-state index is 12.7. The molecule has 112 valence electrons. The third-order valence-corrected chi connectivity index (χ3v) is 4.09. The molecule has 0 N–H and O–H groups in total. The van der Waals surface area contributed by atoms with Crippen LogP contribution in [0.1, 0.15) is 38.0 Å². The molecule has 4 heteroatoms. The van der Waals surface area contributed by atoms with Crippen LogP contribution in [0.4, 0.5) is 0 Å². The van der Waals surface area contributed by atoms with Crippen molar-refractivity contribution >= 4 is 5.91 Å². The lowest BCUT2D eigenvalue weighted by atomic mass is 9.86. The van der Waals surface area contributed by atoms with E-state index in [0.29, 0.717) is 12.5 Å². The highest BCUT2D eigenvalue weighted by molar-refractivity contribution is 5.79. The molecular weight excluding hydrogens is 254 g/mol. The highest BCUT2D eigenvalue weighted by atomic mass is 16.5. The quantitative estimate of drug-likeness (QED) is 0.851. The summed E-state index contributed by atoms with van der Waals surface area (Å²) in [5.41, 5.74) is 1.07. The fourth-order valence-electron chi connectivity index (χ4n) is 2.92. The van der Waals surface area contributed by atoms with E-state index in [0.717, 1.165) is 30.8 Å². The van der Waals surface area contributed by atoms with Crippen molar-refractivity contribution < 1.29 is 13.9 Å². The zero-order valence-corrected chi connectivity index (χ0v) is 12.9. The summed E-state index contributed by atoms with van der Waals surface area (Å²) >= 11 is 0. The van der Waals surface area contributed by atoms with Crippen molar-refractivity contribution in [2.24, 2.45) is 11.8 Å². The van der Waals surface area contributed by atoms with Crippen LogP contribution in [0.3, 0.4) is 0 Å². The fraction of sp³-hybridized carbons (Fsp3) is 0.688. The van der Waals surface area contributed by atoms with Crippen molar-refractivity contribution in [2.45, 2.75) is 46.3 Å². The Balaban J connectivity index is 2.03. The number of nitrogens with zero attached hydrogens (tertiary/aromatic N) is 1. The number of aryl methyl sites for hydroxylation is 1. The summed E-state index contributed by atoms with van der Waals surface area (Å²) in [5, 5.41) is 0. The number of carbonyl (C=O) groups is 1. The maximum Gasteiger partial charge on any atom is 0.228 e. The lowest BCUT2D eigenvalue weighted by Crippen LogP contribution is -2.44. The van der Waals surface area contributed by atoms with Gasteiger partial charge in [0.1, 0.15) is 5.76 Å². The van der Waals surface area contributed by atoms with Gasteiger partial charge >= 0.3 is 0 Å². The Morgan fingerprint density at radius 2 is 2.25 bits per heavy atom. The van der Waals surface area contributed by atoms with E-state index in [9.17, 15) is 4.79 Å². The van der Waals surface area contributed by atoms with Gasteiger partial charge in [0.15, 0.2) is 0 Å². The van der Waals surface area contributed by atoms with Crippen LogP contribution in [0.25, 0.3) is 0 Å². The van der Waals surface area contributed by atoms with Crippen molar-refractivity contribution in [2.75, 3.05) is 13.7 Å². The predicted octanol–water partition coefficient (Wildman–Crippen LogP) is 3.00. The van der Waals surface area contributed by atoms with Gasteiger partial charge in [-0.2, -0.15) is 0 Å². The maximum atomic E-state index is 12.7. The van der Waals surface area contributed by atoms with Gasteiger partial charge in [-0.05, 0) is 31.7 Å². The minimum Gasteiger partial charge on any atom is -0.469 e. The van der Waals surface area contributed by atoms with E-state index in [1.54, 1.807) is 11.2 Å². The van der Waals surface area contributed by atoms with Crippen molar-refractivity contribution in [3.05, 3.63) is 23.7 Å². The third-order valence-electron chi connectivity index (χ3n) is 4.09. The third kappa shape index (κ3) is 3.23. The first-order valence-electron chi connectivity index (χ1n) is 7.40. The molecular formula is C16H25NO3. The van der Waals surface area contributed by atoms with Crippen molar-refractivity contribution in [1.29, 1.82) is 0 Å². The molecule has 0 bridgehead atoms. The summed E-state index contributed by atoms with van der Waals surface area (Å²) in [5.74, 6) is 1.42. The average Bonchev–Trinajstić information content (AvgIpc) is 2.83. The molecule has 2 rings (SSSR count). The number of hydrogen-bond acceptors (Lipinski definition) is 3. The number of carbonyl (C=O) groups excluding carboxylic acids is 1. The number of amides is 1. The van der Waals surface area contributed by atoms with Gasteiger partial charge in [0, 0.05) is 25.8 Å². The van der Waals surface area contributed by atoms with Crippen LogP contribution in [0.5, 0.6) is 0 Å². The fourth-order valence-corrected chi connectivity index (χ4v) is 2.92. The normalized spacial score (nSPS) is 23.1. The number of ether oxygens (including phenoxy) is 1. The number of furan rings is 1. The SMILES string of the molecule is Cc1occc1CN(C)C(=O)[C@H]1CCCO[C@@H]1C(C)C. The number of rotatable bonds is 4. The molecule has 0 aromatic carbocycles. The summed E-state index contributed by atoms with van der Waals surface area (Å²) < 4.78 is 11.1. The van der Waals surface area contributed by atoms with Gasteiger partial charge in [-0.3, -0.25) is 4.79 Å². The molecule has 0 spiro atoms. The first kappa shape index (κ1) is 15.1. The molecule has 1 aromatic heterocycles. The summed E-state index contributed by atoms with van der Waals surface area (Å²) in [4.78, 5) is 14.5. The Labute approximate surface area is 121 Å². The van der Waals surface area contributed by atoms with Gasteiger partial charge in [0.2, 0.25) is 5.91 Å². The summed E-state index contributed by atoms with van der Waals surface area (Å²) in [6.07, 6.45) is 3.61. The zero-order chi connectivity index (χ0) is 14.7. The molecule has 1 saturated heterocycles. The molecule has 1 fully saturated rings. The summed E-state index contributed by atoms with van der Waals surface area (Å²) in [6.45, 7) is 7.54. The molecule has 4 nitrogen and oxygen atoms in total. The molecule has 1 aliphatic rings. The topological polar surface area (TPSA) is 42.7 Å². The van der Waals surface area contributed by atoms with E-state index in [4.69, 9.17) is 9.15 Å². The minimum atomic E-state index is -0.0130. The molecule has 20 heavy (non-hydrogen) atoms. The molecule has 1 aromatic rings. The van der Waals surface area contributed by atoms with Gasteiger partial charge in [-0.25, -0.2) is 0 Å². The molecule has 0 saturated carbocycles. The molecule has 2 atom stereocenters. The Hall–Kier alpha value is -1.29. The Morgan fingerprint density at radius 1 is 1.50 bits per heavy atom. The Bertz CT molecular complexity index is 452. The van der Waals surface area contributed by atoms with E-state index in [2.05, 4.69) is 13.8 Å².